The van der Waals surface area contributed by atoms with E-state index < -0.39 is 5.60 Å². The molecule has 0 bridgehead atoms. The van der Waals surface area contributed by atoms with E-state index in [1.165, 1.54) is 0 Å². The Morgan fingerprint density at radius 3 is 2.00 bits per heavy atom. The SMILES string of the molecule is CC(C)(C)OC(=O)C(N)C12C3C4C5C3C1C5C42. The van der Waals surface area contributed by atoms with Crippen molar-refractivity contribution in [3.05, 3.63) is 0 Å². The third-order valence-electron chi connectivity index (χ3n) is 6.75. The van der Waals surface area contributed by atoms with Gasteiger partial charge < -0.3 is 10.5 Å². The molecule has 6 fully saturated rings. The van der Waals surface area contributed by atoms with Crippen molar-refractivity contribution in [1.82, 2.24) is 0 Å². The zero-order chi connectivity index (χ0) is 11.9. The molecule has 6 aliphatic rings. The van der Waals surface area contributed by atoms with Gasteiger partial charge in [-0.1, -0.05) is 0 Å². The van der Waals surface area contributed by atoms with E-state index in [1.54, 1.807) is 0 Å². The van der Waals surface area contributed by atoms with Crippen LogP contribution in [0.1, 0.15) is 20.8 Å². The summed E-state index contributed by atoms with van der Waals surface area (Å²) in [5.41, 5.74) is 6.06. The first-order chi connectivity index (χ1) is 7.90. The molecule has 0 saturated heterocycles. The molecule has 6 aliphatic carbocycles. The topological polar surface area (TPSA) is 52.3 Å². The van der Waals surface area contributed by atoms with Crippen molar-refractivity contribution >= 4 is 5.97 Å². The number of carbonyl (C=O) groups is 1. The maximum Gasteiger partial charge on any atom is 0.324 e. The first kappa shape index (κ1) is 9.37. The highest BCUT2D eigenvalue weighted by molar-refractivity contribution is 5.80. The lowest BCUT2D eigenvalue weighted by Crippen LogP contribution is -3.07. The summed E-state index contributed by atoms with van der Waals surface area (Å²) in [4.78, 5) is 12.1. The van der Waals surface area contributed by atoms with Crippen molar-refractivity contribution in [2.75, 3.05) is 0 Å². The van der Waals surface area contributed by atoms with Gasteiger partial charge in [0.05, 0.1) is 0 Å². The number of rotatable bonds is 2. The van der Waals surface area contributed by atoms with Crippen LogP contribution in [-0.4, -0.2) is 17.6 Å². The standard InChI is InChI=1S/C14H19NO2/c1-13(2,3)17-12(16)11(15)14-8-5-4-6(8)10(14)7(4)9(5)14/h4-11H,15H2,1-3H3. The van der Waals surface area contributed by atoms with Crippen LogP contribution in [0.3, 0.4) is 0 Å². The zero-order valence-electron chi connectivity index (χ0n) is 10.5. The Balaban J connectivity index is 1.39. The highest BCUT2D eigenvalue weighted by atomic mass is 16.6. The first-order valence-electron chi connectivity index (χ1n) is 6.89. The van der Waals surface area contributed by atoms with Gasteiger partial charge in [0.25, 0.3) is 0 Å². The molecule has 0 aromatic carbocycles. The Hall–Kier alpha value is -0.570. The normalized spacial score (nSPS) is 64.1. The molecule has 17 heavy (non-hydrogen) atoms. The van der Waals surface area contributed by atoms with E-state index in [9.17, 15) is 4.79 Å². The number of nitrogens with two attached hydrogens (primary N) is 1. The van der Waals surface area contributed by atoms with Crippen LogP contribution in [-0.2, 0) is 9.53 Å². The van der Waals surface area contributed by atoms with Gasteiger partial charge in [-0.05, 0) is 62.2 Å². The number of esters is 1. The largest absolute Gasteiger partial charge is 0.459 e. The average molecular weight is 233 g/mol. The quantitative estimate of drug-likeness (QED) is 0.725. The molecule has 0 aromatic rings. The molecule has 1 unspecified atom stereocenters. The summed E-state index contributed by atoms with van der Waals surface area (Å²) >= 11 is 0. The van der Waals surface area contributed by atoms with Crippen LogP contribution in [0.15, 0.2) is 0 Å². The molecule has 0 aliphatic heterocycles. The summed E-state index contributed by atoms with van der Waals surface area (Å²) in [6.07, 6.45) is 0. The highest BCUT2D eigenvalue weighted by Gasteiger charge is 3.05. The second-order valence-corrected chi connectivity index (χ2v) is 7.90. The number of hydrogen-bond acceptors (Lipinski definition) is 3. The van der Waals surface area contributed by atoms with Gasteiger partial charge in [0, 0.05) is 5.41 Å². The molecule has 0 amide bonds. The maximum atomic E-state index is 12.1. The maximum absolute atomic E-state index is 12.1. The molecule has 0 spiro atoms. The molecule has 0 radical (unpaired) electrons. The minimum atomic E-state index is -0.409. The van der Waals surface area contributed by atoms with E-state index in [-0.39, 0.29) is 17.4 Å². The van der Waals surface area contributed by atoms with Crippen molar-refractivity contribution < 1.29 is 9.53 Å². The van der Waals surface area contributed by atoms with Crippen LogP contribution < -0.4 is 5.73 Å². The number of carbonyl (C=O) groups excluding carboxylic acids is 1. The third kappa shape index (κ3) is 0.594. The molecule has 0 aromatic heterocycles. The molecular formula is C14H19NO2. The van der Waals surface area contributed by atoms with Crippen LogP contribution in [0.25, 0.3) is 0 Å². The fourth-order valence-electron chi connectivity index (χ4n) is 6.71. The molecule has 2 N–H and O–H groups in total. The number of ether oxygens (including phenoxy) is 1. The molecule has 3 nitrogen and oxygen atoms in total. The summed E-state index contributed by atoms with van der Waals surface area (Å²) in [6, 6.07) is -0.341. The predicted molar refractivity (Wildman–Crippen MR) is 60.7 cm³/mol. The Morgan fingerprint density at radius 1 is 1.12 bits per heavy atom. The lowest BCUT2D eigenvalue weighted by molar-refractivity contribution is -0.616. The summed E-state index contributed by atoms with van der Waals surface area (Å²) in [5, 5.41) is 0. The average Bonchev–Trinajstić information content (AvgIpc) is 2.26. The van der Waals surface area contributed by atoms with Gasteiger partial charge in [0.2, 0.25) is 0 Å². The van der Waals surface area contributed by atoms with Gasteiger partial charge in [-0.3, -0.25) is 4.79 Å². The predicted octanol–water partition coefficient (Wildman–Crippen LogP) is 1.02. The molecule has 0 heterocycles. The van der Waals surface area contributed by atoms with Crippen LogP contribution in [0, 0.1) is 46.8 Å². The van der Waals surface area contributed by atoms with E-state index in [0.717, 1.165) is 41.4 Å². The van der Waals surface area contributed by atoms with Crippen LogP contribution >= 0.6 is 0 Å². The summed E-state index contributed by atoms with van der Waals surface area (Å²) < 4.78 is 5.47. The minimum Gasteiger partial charge on any atom is -0.459 e. The second-order valence-electron chi connectivity index (χ2n) is 7.90. The van der Waals surface area contributed by atoms with E-state index in [4.69, 9.17) is 10.5 Å². The van der Waals surface area contributed by atoms with Crippen LogP contribution in [0.2, 0.25) is 0 Å². The first-order valence-corrected chi connectivity index (χ1v) is 6.89. The Morgan fingerprint density at radius 2 is 1.59 bits per heavy atom. The van der Waals surface area contributed by atoms with Crippen molar-refractivity contribution in [1.29, 1.82) is 0 Å². The summed E-state index contributed by atoms with van der Waals surface area (Å²) in [6.45, 7) is 5.74. The molecular weight excluding hydrogens is 214 g/mol. The van der Waals surface area contributed by atoms with Crippen molar-refractivity contribution in [3.8, 4) is 0 Å². The highest BCUT2D eigenvalue weighted by Crippen LogP contribution is 3.06. The van der Waals surface area contributed by atoms with Crippen LogP contribution in [0.5, 0.6) is 0 Å². The fraction of sp³-hybridized carbons (Fsp3) is 0.929. The van der Waals surface area contributed by atoms with Gasteiger partial charge >= 0.3 is 5.97 Å². The molecule has 6 saturated carbocycles. The van der Waals surface area contributed by atoms with Gasteiger partial charge in [-0.15, -0.1) is 0 Å². The lowest BCUT2D eigenvalue weighted by Gasteiger charge is -3.08. The van der Waals surface area contributed by atoms with Gasteiger partial charge in [0.1, 0.15) is 11.6 Å². The Labute approximate surface area is 101 Å². The summed E-state index contributed by atoms with van der Waals surface area (Å²) in [5.74, 6) is 6.28. The molecule has 3 heteroatoms. The van der Waals surface area contributed by atoms with E-state index in [2.05, 4.69) is 0 Å². The zero-order valence-corrected chi connectivity index (χ0v) is 10.5. The van der Waals surface area contributed by atoms with Gasteiger partial charge in [0.15, 0.2) is 0 Å². The molecule has 1 atom stereocenters. The Kier molecular flexibility index (Phi) is 1.14. The van der Waals surface area contributed by atoms with E-state index in [0.29, 0.717) is 0 Å². The minimum absolute atomic E-state index is 0.159. The van der Waals surface area contributed by atoms with E-state index >= 15 is 0 Å². The second kappa shape index (κ2) is 2.07. The smallest absolute Gasteiger partial charge is 0.324 e. The van der Waals surface area contributed by atoms with Crippen molar-refractivity contribution in [3.63, 3.8) is 0 Å². The van der Waals surface area contributed by atoms with E-state index in [1.807, 2.05) is 20.8 Å². The summed E-state index contributed by atoms with van der Waals surface area (Å²) in [7, 11) is 0. The fourth-order valence-corrected chi connectivity index (χ4v) is 6.71. The van der Waals surface area contributed by atoms with Crippen LogP contribution in [0.4, 0.5) is 0 Å². The Bertz CT molecular complexity index is 413. The molecule has 6 rings (SSSR count). The molecule has 92 valence electrons. The van der Waals surface area contributed by atoms with Crippen molar-refractivity contribution in [2.24, 2.45) is 52.6 Å². The van der Waals surface area contributed by atoms with Gasteiger partial charge in [-0.2, -0.15) is 0 Å². The third-order valence-corrected chi connectivity index (χ3v) is 6.75. The van der Waals surface area contributed by atoms with Gasteiger partial charge in [-0.25, -0.2) is 0 Å². The monoisotopic (exact) mass is 233 g/mol. The lowest BCUT2D eigenvalue weighted by atomic mass is 8.96. The number of hydrogen-bond donors (Lipinski definition) is 1. The van der Waals surface area contributed by atoms with Crippen molar-refractivity contribution in [2.45, 2.75) is 32.4 Å².